The van der Waals surface area contributed by atoms with Crippen molar-refractivity contribution < 1.29 is 18.0 Å². The molecular weight excluding hydrogens is 224 g/mol. The molecule has 1 aromatic rings. The molecule has 90 valence electrons. The molecule has 1 aromatic carbocycles. The van der Waals surface area contributed by atoms with Crippen LogP contribution in [0.25, 0.3) is 0 Å². The Labute approximate surface area is 97.5 Å². The Morgan fingerprint density at radius 2 is 1.38 bits per heavy atom. The molecular formula is C11H18O4Si. The average molecular weight is 242 g/mol. The summed E-state index contributed by atoms with van der Waals surface area (Å²) in [6.07, 6.45) is 0. The van der Waals surface area contributed by atoms with Crippen LogP contribution in [0.15, 0.2) is 24.3 Å². The largest absolute Gasteiger partial charge is 0.504 e. The zero-order valence-electron chi connectivity index (χ0n) is 10.1. The predicted molar refractivity (Wildman–Crippen MR) is 63.5 cm³/mol. The lowest BCUT2D eigenvalue weighted by atomic mass is 10.2. The van der Waals surface area contributed by atoms with Crippen molar-refractivity contribution in [3.63, 3.8) is 0 Å². The van der Waals surface area contributed by atoms with Crippen LogP contribution in [0.2, 0.25) is 0 Å². The lowest BCUT2D eigenvalue weighted by Gasteiger charge is -2.24. The van der Waals surface area contributed by atoms with Gasteiger partial charge < -0.3 is 18.0 Å². The Kier molecular flexibility index (Phi) is 4.95. The van der Waals surface area contributed by atoms with Crippen LogP contribution in [0.1, 0.15) is 5.56 Å². The lowest BCUT2D eigenvalue weighted by Crippen LogP contribution is -2.45. The zero-order chi connectivity index (χ0) is 12.0. The maximum Gasteiger partial charge on any atom is 0.504 e. The van der Waals surface area contributed by atoms with Crippen LogP contribution in [0.3, 0.4) is 0 Å². The van der Waals surface area contributed by atoms with Gasteiger partial charge in [0.15, 0.2) is 0 Å². The molecule has 16 heavy (non-hydrogen) atoms. The highest BCUT2D eigenvalue weighted by Gasteiger charge is 2.37. The van der Waals surface area contributed by atoms with Crippen LogP contribution >= 0.6 is 0 Å². The van der Waals surface area contributed by atoms with E-state index in [-0.39, 0.29) is 0 Å². The monoisotopic (exact) mass is 242 g/mol. The fraction of sp³-hybridized carbons (Fsp3) is 0.455. The fourth-order valence-electron chi connectivity index (χ4n) is 1.46. The quantitative estimate of drug-likeness (QED) is 0.711. The first-order valence-corrected chi connectivity index (χ1v) is 6.91. The summed E-state index contributed by atoms with van der Waals surface area (Å²) in [7, 11) is 3.96. The van der Waals surface area contributed by atoms with E-state index < -0.39 is 8.80 Å². The van der Waals surface area contributed by atoms with E-state index >= 15 is 0 Å². The van der Waals surface area contributed by atoms with Gasteiger partial charge in [0.05, 0.1) is 7.11 Å². The first kappa shape index (κ1) is 13.2. The van der Waals surface area contributed by atoms with Gasteiger partial charge in [-0.3, -0.25) is 0 Å². The number of rotatable bonds is 6. The number of methoxy groups -OCH3 is 1. The summed E-state index contributed by atoms with van der Waals surface area (Å²) in [5.41, 5.74) is 1.11. The van der Waals surface area contributed by atoms with Crippen LogP contribution in [-0.2, 0) is 19.3 Å². The van der Waals surface area contributed by atoms with Crippen LogP contribution in [0, 0.1) is 0 Å². The molecule has 0 aliphatic rings. The lowest BCUT2D eigenvalue weighted by molar-refractivity contribution is 0.122. The molecule has 0 N–H and O–H groups in total. The molecule has 0 saturated heterocycles. The Balaban J connectivity index is 2.77. The molecule has 0 unspecified atom stereocenters. The van der Waals surface area contributed by atoms with Crippen molar-refractivity contribution in [1.29, 1.82) is 0 Å². The second-order valence-corrected chi connectivity index (χ2v) is 6.26. The van der Waals surface area contributed by atoms with Crippen molar-refractivity contribution in [2.75, 3.05) is 28.4 Å². The maximum atomic E-state index is 5.36. The number of ether oxygens (including phenoxy) is 1. The number of hydrogen-bond acceptors (Lipinski definition) is 4. The van der Waals surface area contributed by atoms with Crippen molar-refractivity contribution in [1.82, 2.24) is 0 Å². The van der Waals surface area contributed by atoms with E-state index in [1.807, 2.05) is 24.3 Å². The van der Waals surface area contributed by atoms with E-state index in [1.54, 1.807) is 28.4 Å². The summed E-state index contributed by atoms with van der Waals surface area (Å²) >= 11 is 0. The fourth-order valence-corrected chi connectivity index (χ4v) is 3.13. The Hall–Kier alpha value is -0.883. The standard InChI is InChI=1S/C11H18O4Si/c1-12-11-7-5-10(6-8-11)9-16(13-2,14-3)15-4/h5-8H,9H2,1-4H3. The third-order valence-corrected chi connectivity index (χ3v) is 5.22. The molecule has 1 rings (SSSR count). The summed E-state index contributed by atoms with van der Waals surface area (Å²) < 4.78 is 21.2. The van der Waals surface area contributed by atoms with Gasteiger partial charge in [-0.1, -0.05) is 12.1 Å². The first-order chi connectivity index (χ1) is 7.69. The molecule has 4 nitrogen and oxygen atoms in total. The number of benzene rings is 1. The first-order valence-electron chi connectivity index (χ1n) is 4.98. The second kappa shape index (κ2) is 6.00. The van der Waals surface area contributed by atoms with E-state index in [0.717, 1.165) is 11.3 Å². The van der Waals surface area contributed by atoms with Gasteiger partial charge in [-0.15, -0.1) is 0 Å². The molecule has 0 bridgehead atoms. The molecule has 0 amide bonds. The van der Waals surface area contributed by atoms with Gasteiger partial charge in [-0.2, -0.15) is 0 Å². The Morgan fingerprint density at radius 3 is 1.75 bits per heavy atom. The molecule has 0 radical (unpaired) electrons. The van der Waals surface area contributed by atoms with Crippen molar-refractivity contribution in [2.24, 2.45) is 0 Å². The minimum atomic E-state index is -2.53. The summed E-state index contributed by atoms with van der Waals surface area (Å²) in [6.45, 7) is 0. The smallest absolute Gasteiger partial charge is 0.497 e. The molecule has 0 aliphatic heterocycles. The molecule has 0 saturated carbocycles. The average Bonchev–Trinajstić information content (AvgIpc) is 2.37. The molecule has 0 atom stereocenters. The van der Waals surface area contributed by atoms with Gasteiger partial charge in [0.2, 0.25) is 0 Å². The SMILES string of the molecule is COc1ccc(C[Si](OC)(OC)OC)cc1. The van der Waals surface area contributed by atoms with E-state index in [4.69, 9.17) is 18.0 Å². The van der Waals surface area contributed by atoms with E-state index in [9.17, 15) is 0 Å². The maximum absolute atomic E-state index is 5.36. The van der Waals surface area contributed by atoms with E-state index in [0.29, 0.717) is 6.04 Å². The van der Waals surface area contributed by atoms with Crippen molar-refractivity contribution >= 4 is 8.80 Å². The van der Waals surface area contributed by atoms with Crippen molar-refractivity contribution in [3.8, 4) is 5.75 Å². The van der Waals surface area contributed by atoms with Crippen LogP contribution in [-0.4, -0.2) is 37.2 Å². The second-order valence-electron chi connectivity index (χ2n) is 3.32. The zero-order valence-corrected chi connectivity index (χ0v) is 11.1. The Bertz CT molecular complexity index is 300. The van der Waals surface area contributed by atoms with Gasteiger partial charge in [0.1, 0.15) is 5.75 Å². The highest BCUT2D eigenvalue weighted by atomic mass is 28.4. The van der Waals surface area contributed by atoms with Crippen molar-refractivity contribution in [2.45, 2.75) is 6.04 Å². The molecule has 0 aliphatic carbocycles. The van der Waals surface area contributed by atoms with E-state index in [2.05, 4.69) is 0 Å². The predicted octanol–water partition coefficient (Wildman–Crippen LogP) is 1.66. The summed E-state index contributed by atoms with van der Waals surface area (Å²) in [4.78, 5) is 0. The van der Waals surface area contributed by atoms with Crippen LogP contribution < -0.4 is 4.74 Å². The van der Waals surface area contributed by atoms with Gasteiger partial charge in [0, 0.05) is 27.4 Å². The highest BCUT2D eigenvalue weighted by molar-refractivity contribution is 6.60. The molecule has 0 fully saturated rings. The number of hydrogen-bond donors (Lipinski definition) is 0. The summed E-state index contributed by atoms with van der Waals surface area (Å²) in [5, 5.41) is 0. The normalized spacial score (nSPS) is 11.5. The van der Waals surface area contributed by atoms with Gasteiger partial charge in [-0.25, -0.2) is 0 Å². The van der Waals surface area contributed by atoms with Crippen LogP contribution in [0.5, 0.6) is 5.75 Å². The highest BCUT2D eigenvalue weighted by Crippen LogP contribution is 2.17. The van der Waals surface area contributed by atoms with Gasteiger partial charge in [-0.05, 0) is 17.7 Å². The topological polar surface area (TPSA) is 36.9 Å². The van der Waals surface area contributed by atoms with Crippen molar-refractivity contribution in [3.05, 3.63) is 29.8 Å². The minimum absolute atomic E-state index is 0.653. The molecule has 0 aromatic heterocycles. The molecule has 5 heteroatoms. The van der Waals surface area contributed by atoms with Gasteiger partial charge >= 0.3 is 8.80 Å². The van der Waals surface area contributed by atoms with Gasteiger partial charge in [0.25, 0.3) is 0 Å². The third kappa shape index (κ3) is 3.05. The molecule has 0 heterocycles. The summed E-state index contributed by atoms with van der Waals surface area (Å²) in [5.74, 6) is 0.836. The third-order valence-electron chi connectivity index (χ3n) is 2.51. The van der Waals surface area contributed by atoms with Crippen LogP contribution in [0.4, 0.5) is 0 Å². The molecule has 0 spiro atoms. The minimum Gasteiger partial charge on any atom is -0.497 e. The summed E-state index contributed by atoms with van der Waals surface area (Å²) in [6, 6.07) is 8.45. The van der Waals surface area contributed by atoms with E-state index in [1.165, 1.54) is 0 Å². The Morgan fingerprint density at radius 1 is 0.875 bits per heavy atom.